The van der Waals surface area contributed by atoms with Gasteiger partial charge < -0.3 is 9.47 Å². The summed E-state index contributed by atoms with van der Waals surface area (Å²) in [5, 5.41) is 8.72. The number of nitrogens with one attached hydrogen (secondary N) is 2. The normalized spacial score (nSPS) is 17.2. The molecule has 2 heterocycles. The lowest BCUT2D eigenvalue weighted by Crippen LogP contribution is -2.40. The molecule has 0 bridgehead atoms. The number of carbonyl (C=O) groups is 1. The molecule has 3 rings (SSSR count). The monoisotopic (exact) mass is 246 g/mol. The lowest BCUT2D eigenvalue weighted by molar-refractivity contribution is -0.125. The van der Waals surface area contributed by atoms with Gasteiger partial charge in [0, 0.05) is 0 Å². The zero-order valence-corrected chi connectivity index (χ0v) is 9.29. The second-order valence-corrected chi connectivity index (χ2v) is 3.69. The van der Waals surface area contributed by atoms with E-state index in [0.29, 0.717) is 11.5 Å². The van der Waals surface area contributed by atoms with E-state index >= 15 is 0 Å². The van der Waals surface area contributed by atoms with E-state index in [9.17, 15) is 4.79 Å². The van der Waals surface area contributed by atoms with Crippen LogP contribution >= 0.6 is 0 Å². The van der Waals surface area contributed by atoms with E-state index in [-0.39, 0.29) is 18.5 Å². The lowest BCUT2D eigenvalue weighted by Gasteiger charge is -2.25. The number of amides is 1. The van der Waals surface area contributed by atoms with Crippen LogP contribution in [0.15, 0.2) is 30.6 Å². The fourth-order valence-corrected chi connectivity index (χ4v) is 1.61. The molecule has 18 heavy (non-hydrogen) atoms. The van der Waals surface area contributed by atoms with Crippen LogP contribution < -0.4 is 14.8 Å². The first-order chi connectivity index (χ1) is 8.83. The summed E-state index contributed by atoms with van der Waals surface area (Å²) in [6, 6.07) is 7.21. The van der Waals surface area contributed by atoms with Crippen molar-refractivity contribution in [1.29, 1.82) is 0 Å². The number of benzene rings is 1. The highest BCUT2D eigenvalue weighted by molar-refractivity contribution is 5.93. The first kappa shape index (κ1) is 10.6. The quantitative estimate of drug-likeness (QED) is 0.809. The molecular weight excluding hydrogens is 236 g/mol. The summed E-state index contributed by atoms with van der Waals surface area (Å²) in [5.74, 6) is 1.14. The van der Waals surface area contributed by atoms with Crippen LogP contribution in [0.3, 0.4) is 0 Å². The number of aromatic nitrogens is 3. The summed E-state index contributed by atoms with van der Waals surface area (Å²) in [6.07, 6.45) is 0.605. The van der Waals surface area contributed by atoms with Crippen molar-refractivity contribution in [3.8, 4) is 11.5 Å². The summed E-state index contributed by atoms with van der Waals surface area (Å²) in [5.41, 5.74) is 0. The molecule has 0 saturated carbocycles. The number of ether oxygens (including phenoxy) is 2. The topological polar surface area (TPSA) is 89.1 Å². The average molecular weight is 246 g/mol. The van der Waals surface area contributed by atoms with E-state index in [0.717, 1.165) is 0 Å². The molecule has 1 amide bonds. The maximum absolute atomic E-state index is 11.9. The van der Waals surface area contributed by atoms with Crippen molar-refractivity contribution in [2.75, 3.05) is 11.9 Å². The van der Waals surface area contributed by atoms with E-state index < -0.39 is 6.10 Å². The molecule has 92 valence electrons. The number of fused-ring (bicyclic) bond motifs is 1. The first-order valence-electron chi connectivity index (χ1n) is 5.37. The Bertz CT molecular complexity index is 555. The van der Waals surface area contributed by atoms with Gasteiger partial charge in [-0.05, 0) is 12.1 Å². The Morgan fingerprint density at radius 3 is 3.00 bits per heavy atom. The van der Waals surface area contributed by atoms with Crippen molar-refractivity contribution < 1.29 is 14.3 Å². The second kappa shape index (κ2) is 4.36. The van der Waals surface area contributed by atoms with Crippen LogP contribution in [0.1, 0.15) is 0 Å². The third-order valence-electron chi connectivity index (χ3n) is 2.46. The fraction of sp³-hybridized carbons (Fsp3) is 0.182. The van der Waals surface area contributed by atoms with E-state index in [1.54, 1.807) is 12.1 Å². The van der Waals surface area contributed by atoms with Crippen LogP contribution in [0.25, 0.3) is 0 Å². The predicted molar refractivity (Wildman–Crippen MR) is 61.4 cm³/mol. The zero-order valence-electron chi connectivity index (χ0n) is 9.29. The average Bonchev–Trinajstić information content (AvgIpc) is 2.91. The first-order valence-corrected chi connectivity index (χ1v) is 5.37. The number of aromatic amines is 1. The van der Waals surface area contributed by atoms with Crippen LogP contribution in [0, 0.1) is 0 Å². The van der Waals surface area contributed by atoms with Gasteiger partial charge in [-0.1, -0.05) is 12.1 Å². The molecule has 7 heteroatoms. The van der Waals surface area contributed by atoms with E-state index in [1.807, 2.05) is 12.1 Å². The van der Waals surface area contributed by atoms with Gasteiger partial charge in [0.2, 0.25) is 12.1 Å². The Hall–Kier alpha value is -2.57. The molecule has 0 aliphatic carbocycles. The van der Waals surface area contributed by atoms with Gasteiger partial charge in [0.25, 0.3) is 5.91 Å². The number of hydrogen-bond acceptors (Lipinski definition) is 5. The lowest BCUT2D eigenvalue weighted by atomic mass is 10.2. The molecule has 2 aromatic rings. The minimum Gasteiger partial charge on any atom is -0.485 e. The molecule has 1 aliphatic rings. The van der Waals surface area contributed by atoms with Crippen molar-refractivity contribution in [2.24, 2.45) is 0 Å². The molecule has 1 aliphatic heterocycles. The van der Waals surface area contributed by atoms with E-state index in [2.05, 4.69) is 20.5 Å². The van der Waals surface area contributed by atoms with Gasteiger partial charge in [0.05, 0.1) is 0 Å². The van der Waals surface area contributed by atoms with Gasteiger partial charge in [-0.3, -0.25) is 10.1 Å². The highest BCUT2D eigenvalue weighted by Gasteiger charge is 2.27. The van der Waals surface area contributed by atoms with E-state index in [4.69, 9.17) is 9.47 Å². The van der Waals surface area contributed by atoms with Gasteiger partial charge in [-0.25, -0.2) is 5.10 Å². The number of para-hydroxylation sites is 2. The Kier molecular flexibility index (Phi) is 2.56. The van der Waals surface area contributed by atoms with Crippen molar-refractivity contribution >= 4 is 11.9 Å². The van der Waals surface area contributed by atoms with Gasteiger partial charge in [0.1, 0.15) is 12.9 Å². The summed E-state index contributed by atoms with van der Waals surface area (Å²) < 4.78 is 11.0. The van der Waals surface area contributed by atoms with E-state index in [1.165, 1.54) is 6.33 Å². The number of anilines is 1. The highest BCUT2D eigenvalue weighted by Crippen LogP contribution is 2.30. The maximum Gasteiger partial charge on any atom is 0.271 e. The largest absolute Gasteiger partial charge is 0.485 e. The maximum atomic E-state index is 11.9. The van der Waals surface area contributed by atoms with Crippen LogP contribution in [0.4, 0.5) is 5.95 Å². The molecule has 0 fully saturated rings. The van der Waals surface area contributed by atoms with Gasteiger partial charge >= 0.3 is 0 Å². The zero-order chi connectivity index (χ0) is 12.4. The Labute approximate surface area is 102 Å². The standard InChI is InChI=1S/C11H10N4O3/c16-10(14-11-12-6-13-15-11)9-5-17-7-3-1-2-4-8(7)18-9/h1-4,6,9H,5H2,(H2,12,13,14,15,16)/t9-/m1/s1. The molecular formula is C11H10N4O3. The summed E-state index contributed by atoms with van der Waals surface area (Å²) in [7, 11) is 0. The Morgan fingerprint density at radius 2 is 2.22 bits per heavy atom. The molecule has 1 atom stereocenters. The molecule has 7 nitrogen and oxygen atoms in total. The third kappa shape index (κ3) is 1.97. The van der Waals surface area contributed by atoms with Crippen molar-refractivity contribution in [1.82, 2.24) is 15.2 Å². The van der Waals surface area contributed by atoms with Gasteiger partial charge in [-0.15, -0.1) is 0 Å². The molecule has 1 aromatic carbocycles. The second-order valence-electron chi connectivity index (χ2n) is 3.69. The van der Waals surface area contributed by atoms with Crippen molar-refractivity contribution in [3.63, 3.8) is 0 Å². The summed E-state index contributed by atoms with van der Waals surface area (Å²) in [4.78, 5) is 15.7. The molecule has 0 spiro atoms. The summed E-state index contributed by atoms with van der Waals surface area (Å²) in [6.45, 7) is 0.164. The number of hydrogen-bond donors (Lipinski definition) is 2. The third-order valence-corrected chi connectivity index (χ3v) is 2.46. The fourth-order valence-electron chi connectivity index (χ4n) is 1.61. The van der Waals surface area contributed by atoms with Crippen LogP contribution in [-0.2, 0) is 4.79 Å². The number of nitrogens with zero attached hydrogens (tertiary/aromatic N) is 2. The SMILES string of the molecule is O=C(Nc1ncn[nH]1)[C@H]1COc2ccccc2O1. The Balaban J connectivity index is 1.70. The van der Waals surface area contributed by atoms with Crippen LogP contribution in [0.2, 0.25) is 0 Å². The minimum atomic E-state index is -0.704. The molecule has 0 radical (unpaired) electrons. The number of carbonyl (C=O) groups excluding carboxylic acids is 1. The van der Waals surface area contributed by atoms with Gasteiger partial charge in [0.15, 0.2) is 11.5 Å². The molecule has 0 unspecified atom stereocenters. The van der Waals surface area contributed by atoms with Gasteiger partial charge in [-0.2, -0.15) is 10.1 Å². The predicted octanol–water partition coefficient (Wildman–Crippen LogP) is 0.583. The summed E-state index contributed by atoms with van der Waals surface area (Å²) >= 11 is 0. The van der Waals surface area contributed by atoms with Crippen LogP contribution in [0.5, 0.6) is 11.5 Å². The molecule has 0 saturated heterocycles. The number of rotatable bonds is 2. The Morgan fingerprint density at radius 1 is 1.39 bits per heavy atom. The number of H-pyrrole nitrogens is 1. The molecule has 1 aromatic heterocycles. The highest BCUT2D eigenvalue weighted by atomic mass is 16.6. The minimum absolute atomic E-state index is 0.164. The van der Waals surface area contributed by atoms with Crippen LogP contribution in [-0.4, -0.2) is 33.8 Å². The molecule has 2 N–H and O–H groups in total. The van der Waals surface area contributed by atoms with Crippen molar-refractivity contribution in [2.45, 2.75) is 6.10 Å². The smallest absolute Gasteiger partial charge is 0.271 e. The van der Waals surface area contributed by atoms with Crippen molar-refractivity contribution in [3.05, 3.63) is 30.6 Å².